The molecule has 0 unspecified atom stereocenters. The number of nitrogens with one attached hydrogen (secondary N) is 1. The first-order valence-corrected chi connectivity index (χ1v) is 8.53. The molecule has 2 fully saturated rings. The summed E-state index contributed by atoms with van der Waals surface area (Å²) in [5.74, 6) is 0.630. The molecule has 132 valence electrons. The Labute approximate surface area is 146 Å². The number of nitrogens with zero attached hydrogens (tertiary/aromatic N) is 3. The number of anilines is 3. The predicted octanol–water partition coefficient (Wildman–Crippen LogP) is 3.01. The molecule has 4 rings (SSSR count). The molecule has 1 N–H and O–H groups in total. The molecule has 2 aliphatic heterocycles. The second-order valence-corrected chi connectivity index (χ2v) is 6.42. The molecule has 1 aromatic heterocycles. The highest BCUT2D eigenvalue weighted by Gasteiger charge is 2.40. The smallest absolute Gasteiger partial charge is 0.227 e. The predicted molar refractivity (Wildman–Crippen MR) is 92.5 cm³/mol. The lowest BCUT2D eigenvalue weighted by Gasteiger charge is -2.37. The van der Waals surface area contributed by atoms with Gasteiger partial charge in [0.25, 0.3) is 0 Å². The summed E-state index contributed by atoms with van der Waals surface area (Å²) in [4.78, 5) is 11.3. The van der Waals surface area contributed by atoms with Crippen LogP contribution < -0.4 is 10.2 Å². The van der Waals surface area contributed by atoms with Gasteiger partial charge in [-0.1, -0.05) is 6.07 Å². The normalized spacial score (nSPS) is 19.4. The molecule has 1 spiro atoms. The summed E-state index contributed by atoms with van der Waals surface area (Å²) < 4.78 is 24.9. The Bertz CT molecular complexity index is 754. The number of aromatic nitrogens is 2. The number of benzene rings is 1. The Hall–Kier alpha value is -2.25. The van der Waals surface area contributed by atoms with Crippen molar-refractivity contribution in [2.75, 3.05) is 36.5 Å². The van der Waals surface area contributed by atoms with Crippen molar-refractivity contribution >= 4 is 17.5 Å². The lowest BCUT2D eigenvalue weighted by molar-refractivity contribution is -0.169. The third-order valence-corrected chi connectivity index (χ3v) is 4.56. The quantitative estimate of drug-likeness (QED) is 0.924. The van der Waals surface area contributed by atoms with E-state index in [0.29, 0.717) is 30.7 Å². The highest BCUT2D eigenvalue weighted by molar-refractivity contribution is 5.57. The van der Waals surface area contributed by atoms with E-state index in [9.17, 15) is 4.39 Å². The number of ether oxygens (including phenoxy) is 2. The highest BCUT2D eigenvalue weighted by Crippen LogP contribution is 2.32. The van der Waals surface area contributed by atoms with Crippen LogP contribution in [0.1, 0.15) is 18.5 Å². The molecule has 2 saturated heterocycles. The van der Waals surface area contributed by atoms with Crippen LogP contribution in [0.25, 0.3) is 0 Å². The zero-order chi connectivity index (χ0) is 17.3. The molecule has 0 aliphatic carbocycles. The monoisotopic (exact) mass is 344 g/mol. The molecule has 6 nitrogen and oxygen atoms in total. The van der Waals surface area contributed by atoms with Gasteiger partial charge < -0.3 is 19.7 Å². The molecule has 0 saturated carbocycles. The van der Waals surface area contributed by atoms with Crippen LogP contribution in [0.4, 0.5) is 21.8 Å². The molecule has 0 amide bonds. The molecule has 7 heteroatoms. The van der Waals surface area contributed by atoms with Gasteiger partial charge in [0.1, 0.15) is 11.6 Å². The highest BCUT2D eigenvalue weighted by atomic mass is 19.1. The molecule has 3 heterocycles. The van der Waals surface area contributed by atoms with E-state index in [4.69, 9.17) is 9.47 Å². The first-order chi connectivity index (χ1) is 12.1. The zero-order valence-electron chi connectivity index (χ0n) is 14.2. The van der Waals surface area contributed by atoms with Crippen molar-refractivity contribution in [2.45, 2.75) is 25.6 Å². The fraction of sp³-hybridized carbons (Fsp3) is 0.444. The van der Waals surface area contributed by atoms with E-state index in [1.807, 2.05) is 13.0 Å². The summed E-state index contributed by atoms with van der Waals surface area (Å²) >= 11 is 0. The maximum atomic E-state index is 13.4. The average molecular weight is 344 g/mol. The number of rotatable bonds is 3. The van der Waals surface area contributed by atoms with Gasteiger partial charge in [-0.3, -0.25) is 0 Å². The molecule has 0 atom stereocenters. The SMILES string of the molecule is Cc1cc(Nc2cccc(F)c2)nc(N2CCC3(CC2)OCCO3)n1. The largest absolute Gasteiger partial charge is 0.347 e. The van der Waals surface area contributed by atoms with Crippen molar-refractivity contribution < 1.29 is 13.9 Å². The summed E-state index contributed by atoms with van der Waals surface area (Å²) in [6.45, 7) is 4.83. The second-order valence-electron chi connectivity index (χ2n) is 6.42. The minimum Gasteiger partial charge on any atom is -0.347 e. The van der Waals surface area contributed by atoms with E-state index < -0.39 is 5.79 Å². The molecular weight excluding hydrogens is 323 g/mol. The van der Waals surface area contributed by atoms with Crippen molar-refractivity contribution in [3.63, 3.8) is 0 Å². The molecule has 2 aliphatic rings. The molecule has 0 bridgehead atoms. The van der Waals surface area contributed by atoms with Crippen LogP contribution in [0, 0.1) is 12.7 Å². The van der Waals surface area contributed by atoms with Crippen LogP contribution in [0.2, 0.25) is 0 Å². The van der Waals surface area contributed by atoms with Crippen LogP contribution in [-0.4, -0.2) is 42.1 Å². The summed E-state index contributed by atoms with van der Waals surface area (Å²) in [5.41, 5.74) is 1.52. The lowest BCUT2D eigenvalue weighted by atomic mass is 10.0. The molecule has 25 heavy (non-hydrogen) atoms. The van der Waals surface area contributed by atoms with Crippen LogP contribution in [-0.2, 0) is 9.47 Å². The Balaban J connectivity index is 1.50. The summed E-state index contributed by atoms with van der Waals surface area (Å²) in [7, 11) is 0. The van der Waals surface area contributed by atoms with Crippen molar-refractivity contribution in [3.8, 4) is 0 Å². The van der Waals surface area contributed by atoms with Gasteiger partial charge >= 0.3 is 0 Å². The van der Waals surface area contributed by atoms with Gasteiger partial charge in [-0.2, -0.15) is 4.98 Å². The number of halogens is 1. The van der Waals surface area contributed by atoms with E-state index in [1.165, 1.54) is 12.1 Å². The molecule has 0 radical (unpaired) electrons. The Kier molecular flexibility index (Phi) is 4.27. The number of piperidine rings is 1. The fourth-order valence-corrected chi connectivity index (χ4v) is 3.31. The Morgan fingerprint density at radius 1 is 1.12 bits per heavy atom. The Morgan fingerprint density at radius 2 is 1.88 bits per heavy atom. The van der Waals surface area contributed by atoms with Crippen LogP contribution in [0.15, 0.2) is 30.3 Å². The molecule has 1 aromatic carbocycles. The topological polar surface area (TPSA) is 59.5 Å². The third-order valence-electron chi connectivity index (χ3n) is 4.56. The van der Waals surface area contributed by atoms with Crippen molar-refractivity contribution in [1.29, 1.82) is 0 Å². The van der Waals surface area contributed by atoms with Gasteiger partial charge in [0, 0.05) is 43.4 Å². The van der Waals surface area contributed by atoms with Crippen molar-refractivity contribution in [2.24, 2.45) is 0 Å². The first-order valence-electron chi connectivity index (χ1n) is 8.53. The van der Waals surface area contributed by atoms with Crippen molar-refractivity contribution in [3.05, 3.63) is 41.8 Å². The van der Waals surface area contributed by atoms with Gasteiger partial charge in [-0.15, -0.1) is 0 Å². The minimum atomic E-state index is -0.414. The summed E-state index contributed by atoms with van der Waals surface area (Å²) in [6, 6.07) is 8.18. The second kappa shape index (κ2) is 6.57. The average Bonchev–Trinajstić information content (AvgIpc) is 3.03. The third kappa shape index (κ3) is 3.57. The minimum absolute atomic E-state index is 0.283. The molecule has 2 aromatic rings. The number of hydrogen-bond acceptors (Lipinski definition) is 6. The van der Waals surface area contributed by atoms with E-state index in [0.717, 1.165) is 31.6 Å². The van der Waals surface area contributed by atoms with E-state index in [-0.39, 0.29) is 5.82 Å². The van der Waals surface area contributed by atoms with Crippen LogP contribution >= 0.6 is 0 Å². The van der Waals surface area contributed by atoms with Crippen LogP contribution in [0.5, 0.6) is 0 Å². The van der Waals surface area contributed by atoms with Gasteiger partial charge in [0.05, 0.1) is 13.2 Å². The fourth-order valence-electron chi connectivity index (χ4n) is 3.31. The lowest BCUT2D eigenvalue weighted by Crippen LogP contribution is -2.45. The zero-order valence-corrected chi connectivity index (χ0v) is 14.2. The standard InChI is InChI=1S/C18H21FN4O2/c1-13-11-16(21-15-4-2-3-14(19)12-15)22-17(20-13)23-7-5-18(6-8-23)24-9-10-25-18/h2-4,11-12H,5-10H2,1H3,(H,20,21,22). The van der Waals surface area contributed by atoms with Gasteiger partial charge in [-0.25, -0.2) is 9.37 Å². The van der Waals surface area contributed by atoms with Gasteiger partial charge in [-0.05, 0) is 25.1 Å². The van der Waals surface area contributed by atoms with Gasteiger partial charge in [0.2, 0.25) is 5.95 Å². The first kappa shape index (κ1) is 16.2. The van der Waals surface area contributed by atoms with E-state index in [2.05, 4.69) is 20.2 Å². The number of aryl methyl sites for hydroxylation is 1. The Morgan fingerprint density at radius 3 is 2.60 bits per heavy atom. The van der Waals surface area contributed by atoms with Crippen LogP contribution in [0.3, 0.4) is 0 Å². The summed E-state index contributed by atoms with van der Waals surface area (Å²) in [5, 5.41) is 3.15. The maximum absolute atomic E-state index is 13.4. The van der Waals surface area contributed by atoms with E-state index in [1.54, 1.807) is 12.1 Å². The summed E-state index contributed by atoms with van der Waals surface area (Å²) in [6.07, 6.45) is 1.61. The van der Waals surface area contributed by atoms with Gasteiger partial charge in [0.15, 0.2) is 5.79 Å². The van der Waals surface area contributed by atoms with E-state index >= 15 is 0 Å². The molecular formula is C18H21FN4O2. The van der Waals surface area contributed by atoms with Crippen molar-refractivity contribution in [1.82, 2.24) is 9.97 Å². The maximum Gasteiger partial charge on any atom is 0.227 e. The number of hydrogen-bond donors (Lipinski definition) is 1.